The van der Waals surface area contributed by atoms with Crippen molar-refractivity contribution >= 4 is 7.60 Å². The summed E-state index contributed by atoms with van der Waals surface area (Å²) in [4.78, 5) is 17.5. The topological polar surface area (TPSA) is 66.3 Å². The van der Waals surface area contributed by atoms with Gasteiger partial charge in [-0.05, 0) is 6.92 Å². The Morgan fingerprint density at radius 2 is 2.21 bits per heavy atom. The first-order valence-electron chi connectivity index (χ1n) is 4.52. The van der Waals surface area contributed by atoms with Gasteiger partial charge in [0.1, 0.15) is 12.4 Å². The number of imidazole rings is 1. The van der Waals surface area contributed by atoms with Crippen LogP contribution in [0.3, 0.4) is 0 Å². The van der Waals surface area contributed by atoms with Gasteiger partial charge in [-0.1, -0.05) is 0 Å². The third-order valence-electron chi connectivity index (χ3n) is 2.18. The van der Waals surface area contributed by atoms with Gasteiger partial charge in [0.05, 0.1) is 26.2 Å². The van der Waals surface area contributed by atoms with Crippen LogP contribution >= 0.6 is 7.60 Å². The van der Waals surface area contributed by atoms with Crippen molar-refractivity contribution < 1.29 is 18.9 Å². The highest BCUT2D eigenvalue weighted by molar-refractivity contribution is 7.51. The van der Waals surface area contributed by atoms with E-state index in [0.717, 1.165) is 12.4 Å². The van der Waals surface area contributed by atoms with Crippen molar-refractivity contribution in [3.8, 4) is 0 Å². The molecule has 0 aromatic carbocycles. The van der Waals surface area contributed by atoms with Gasteiger partial charge in [0.25, 0.3) is 5.82 Å². The van der Waals surface area contributed by atoms with Crippen LogP contribution in [0.4, 0.5) is 0 Å². The van der Waals surface area contributed by atoms with E-state index in [4.69, 9.17) is 9.79 Å². The van der Waals surface area contributed by atoms with Gasteiger partial charge in [0.15, 0.2) is 0 Å². The lowest BCUT2D eigenvalue weighted by molar-refractivity contribution is -0.678. The predicted octanol–water partition coefficient (Wildman–Crippen LogP) is 0.0527. The molecular weight excluding hydrogens is 203 g/mol. The normalized spacial score (nSPS) is 12.0. The molecule has 1 heterocycles. The van der Waals surface area contributed by atoms with E-state index < -0.39 is 7.60 Å². The fourth-order valence-corrected chi connectivity index (χ4v) is 1.90. The van der Waals surface area contributed by atoms with Gasteiger partial charge in [-0.2, -0.15) is 0 Å². The molecule has 6 heteroatoms. The van der Waals surface area contributed by atoms with E-state index in [1.165, 1.54) is 0 Å². The Balaban J connectivity index is 2.75. The molecule has 0 unspecified atom stereocenters. The highest BCUT2D eigenvalue weighted by Crippen LogP contribution is 2.34. The van der Waals surface area contributed by atoms with Crippen molar-refractivity contribution in [2.45, 2.75) is 19.9 Å². The summed E-state index contributed by atoms with van der Waals surface area (Å²) >= 11 is 0. The minimum absolute atomic E-state index is 0.0924. The van der Waals surface area contributed by atoms with Gasteiger partial charge in [-0.3, -0.25) is 4.57 Å². The van der Waals surface area contributed by atoms with Gasteiger partial charge in [0, 0.05) is 0 Å². The Morgan fingerprint density at radius 1 is 1.57 bits per heavy atom. The molecule has 0 radical (unpaired) electrons. The summed E-state index contributed by atoms with van der Waals surface area (Å²) in [5.41, 5.74) is 0. The second-order valence-electron chi connectivity index (χ2n) is 3.25. The number of aryl methyl sites for hydroxylation is 2. The smallest absolute Gasteiger partial charge is 0.324 e. The standard InChI is InChI=1S/C8H15N2O3P/c1-3-10-6-5-9(2)8(10)4-7-14(11,12)13/h5-6H,3-4,7H2,1-2H3,(H-,11,12,13)/p+1. The van der Waals surface area contributed by atoms with Crippen molar-refractivity contribution in [1.29, 1.82) is 0 Å². The fourth-order valence-electron chi connectivity index (χ4n) is 1.41. The van der Waals surface area contributed by atoms with Crippen LogP contribution in [0.5, 0.6) is 0 Å². The van der Waals surface area contributed by atoms with E-state index in [0.29, 0.717) is 6.42 Å². The lowest BCUT2D eigenvalue weighted by Gasteiger charge is -2.02. The van der Waals surface area contributed by atoms with Crippen molar-refractivity contribution in [2.75, 3.05) is 6.16 Å². The number of hydrogen-bond acceptors (Lipinski definition) is 1. The average Bonchev–Trinajstić information content (AvgIpc) is 2.41. The second-order valence-corrected chi connectivity index (χ2v) is 5.03. The molecule has 1 aromatic heterocycles. The summed E-state index contributed by atoms with van der Waals surface area (Å²) in [7, 11) is -2.01. The third kappa shape index (κ3) is 2.94. The summed E-state index contributed by atoms with van der Waals surface area (Å²) in [6, 6.07) is 0. The Hall–Kier alpha value is -0.640. The maximum absolute atomic E-state index is 10.7. The molecular formula is C8H16N2O3P+. The summed E-state index contributed by atoms with van der Waals surface area (Å²) in [6.45, 7) is 2.82. The molecule has 0 saturated heterocycles. The highest BCUT2D eigenvalue weighted by atomic mass is 31.2. The SMILES string of the molecule is CCn1cc[n+](C)c1CCP(=O)(O)O. The molecule has 0 aliphatic rings. The summed E-state index contributed by atoms with van der Waals surface area (Å²) in [6.07, 6.45) is 4.11. The Bertz CT molecular complexity index is 355. The largest absolute Gasteiger partial charge is 0.326 e. The second kappa shape index (κ2) is 4.26. The molecule has 80 valence electrons. The fraction of sp³-hybridized carbons (Fsp3) is 0.625. The monoisotopic (exact) mass is 219 g/mol. The lowest BCUT2D eigenvalue weighted by atomic mass is 10.4. The molecule has 0 bridgehead atoms. The number of aromatic nitrogens is 2. The highest BCUT2D eigenvalue weighted by Gasteiger charge is 2.19. The van der Waals surface area contributed by atoms with Crippen molar-refractivity contribution in [3.05, 3.63) is 18.2 Å². The molecule has 0 fully saturated rings. The molecule has 0 spiro atoms. The molecule has 2 N–H and O–H groups in total. The zero-order chi connectivity index (χ0) is 10.8. The van der Waals surface area contributed by atoms with Crippen LogP contribution in [0.1, 0.15) is 12.7 Å². The molecule has 1 aromatic rings. The first-order chi connectivity index (χ1) is 6.44. The Labute approximate surface area is 83.2 Å². The van der Waals surface area contributed by atoms with Crippen molar-refractivity contribution in [2.24, 2.45) is 7.05 Å². The van der Waals surface area contributed by atoms with Gasteiger partial charge < -0.3 is 9.79 Å². The average molecular weight is 219 g/mol. The summed E-state index contributed by atoms with van der Waals surface area (Å²) in [5.74, 6) is 0.941. The molecule has 0 aliphatic carbocycles. The molecule has 1 rings (SSSR count). The Kier molecular flexibility index (Phi) is 3.48. The molecule has 0 aliphatic heterocycles. The van der Waals surface area contributed by atoms with E-state index in [2.05, 4.69) is 0 Å². The van der Waals surface area contributed by atoms with Gasteiger partial charge in [-0.25, -0.2) is 9.13 Å². The van der Waals surface area contributed by atoms with Gasteiger partial charge >= 0.3 is 7.60 Å². The molecule has 14 heavy (non-hydrogen) atoms. The van der Waals surface area contributed by atoms with Crippen LogP contribution in [0, 0.1) is 0 Å². The van der Waals surface area contributed by atoms with E-state index >= 15 is 0 Å². The summed E-state index contributed by atoms with van der Waals surface area (Å²) in [5, 5.41) is 0. The van der Waals surface area contributed by atoms with Gasteiger partial charge in [0.2, 0.25) is 0 Å². The minimum atomic E-state index is -3.88. The van der Waals surface area contributed by atoms with Crippen LogP contribution in [0.15, 0.2) is 12.4 Å². The minimum Gasteiger partial charge on any atom is -0.324 e. The van der Waals surface area contributed by atoms with Crippen molar-refractivity contribution in [3.63, 3.8) is 0 Å². The number of rotatable bonds is 4. The first kappa shape index (κ1) is 11.4. The van der Waals surface area contributed by atoms with Crippen LogP contribution in [0.25, 0.3) is 0 Å². The Morgan fingerprint density at radius 3 is 2.71 bits per heavy atom. The molecule has 0 saturated carbocycles. The van der Waals surface area contributed by atoms with Crippen LogP contribution in [-0.4, -0.2) is 20.5 Å². The maximum atomic E-state index is 10.7. The number of nitrogens with zero attached hydrogens (tertiary/aromatic N) is 2. The van der Waals surface area contributed by atoms with Crippen LogP contribution in [0.2, 0.25) is 0 Å². The van der Waals surface area contributed by atoms with Crippen molar-refractivity contribution in [1.82, 2.24) is 4.57 Å². The van der Waals surface area contributed by atoms with E-state index in [9.17, 15) is 4.57 Å². The molecule has 0 amide bonds. The molecule has 5 nitrogen and oxygen atoms in total. The number of hydrogen-bond donors (Lipinski definition) is 2. The zero-order valence-electron chi connectivity index (χ0n) is 8.42. The third-order valence-corrected chi connectivity index (χ3v) is 2.98. The van der Waals surface area contributed by atoms with E-state index in [1.54, 1.807) is 0 Å². The summed E-state index contributed by atoms with van der Waals surface area (Å²) < 4.78 is 14.6. The first-order valence-corrected chi connectivity index (χ1v) is 6.32. The quantitative estimate of drug-likeness (QED) is 0.555. The van der Waals surface area contributed by atoms with E-state index in [-0.39, 0.29) is 6.16 Å². The van der Waals surface area contributed by atoms with Crippen LogP contribution < -0.4 is 4.57 Å². The van der Waals surface area contributed by atoms with Gasteiger partial charge in [-0.15, -0.1) is 0 Å². The van der Waals surface area contributed by atoms with Crippen LogP contribution in [-0.2, 0) is 24.6 Å². The van der Waals surface area contributed by atoms with E-state index in [1.807, 2.05) is 35.5 Å². The predicted molar refractivity (Wildman–Crippen MR) is 51.9 cm³/mol. The zero-order valence-corrected chi connectivity index (χ0v) is 9.31. The lowest BCUT2D eigenvalue weighted by Crippen LogP contribution is -2.32. The molecule has 0 atom stereocenters. The maximum Gasteiger partial charge on any atom is 0.326 e.